The molecule has 1 aromatic heterocycles. The van der Waals surface area contributed by atoms with Crippen LogP contribution in [0.1, 0.15) is 16.7 Å². The van der Waals surface area contributed by atoms with E-state index in [1.54, 1.807) is 12.5 Å². The van der Waals surface area contributed by atoms with E-state index in [0.29, 0.717) is 6.54 Å². The number of anilines is 2. The summed E-state index contributed by atoms with van der Waals surface area (Å²) in [5.74, 6) is 0. The van der Waals surface area contributed by atoms with E-state index < -0.39 is 0 Å². The molecule has 2 N–H and O–H groups in total. The lowest BCUT2D eigenvalue weighted by atomic mass is 10.1. The molecule has 2 heterocycles. The highest BCUT2D eigenvalue weighted by atomic mass is 16.3. The number of nitrogens with one attached hydrogen (secondary N) is 2. The number of carbonyl (C=O) groups is 1. The zero-order chi connectivity index (χ0) is 20.8. The maximum atomic E-state index is 12.0. The van der Waals surface area contributed by atoms with Crippen LogP contribution in [-0.2, 0) is 13.1 Å². The second-order valence-electron chi connectivity index (χ2n) is 7.74. The highest BCUT2D eigenvalue weighted by Gasteiger charge is 2.17. The summed E-state index contributed by atoms with van der Waals surface area (Å²) >= 11 is 0. The normalized spacial score (nSPS) is 14.5. The topological polar surface area (TPSA) is 60.8 Å². The molecule has 1 fully saturated rings. The van der Waals surface area contributed by atoms with Crippen LogP contribution in [-0.4, -0.2) is 37.1 Å². The average Bonchev–Trinajstić information content (AvgIpc) is 3.28. The predicted molar refractivity (Wildman–Crippen MR) is 120 cm³/mol. The van der Waals surface area contributed by atoms with Crippen molar-refractivity contribution in [1.82, 2.24) is 10.2 Å². The van der Waals surface area contributed by atoms with Gasteiger partial charge in [-0.3, -0.25) is 4.90 Å². The first kappa shape index (κ1) is 20.0. The molecule has 0 saturated carbocycles. The largest absolute Gasteiger partial charge is 0.472 e. The van der Waals surface area contributed by atoms with Crippen LogP contribution in [0.2, 0.25) is 0 Å². The lowest BCUT2D eigenvalue weighted by Crippen LogP contribution is -2.45. The Bertz CT molecular complexity index is 946. The number of nitrogens with zero attached hydrogens (tertiary/aromatic N) is 2. The molecule has 0 spiro atoms. The molecular weight excluding hydrogens is 376 g/mol. The summed E-state index contributed by atoms with van der Waals surface area (Å²) in [4.78, 5) is 16.9. The molecule has 0 aliphatic carbocycles. The molecule has 4 rings (SSSR count). The molecule has 0 bridgehead atoms. The Hall–Kier alpha value is -3.25. The zero-order valence-electron chi connectivity index (χ0n) is 17.3. The summed E-state index contributed by atoms with van der Waals surface area (Å²) in [7, 11) is 0. The molecule has 0 unspecified atom stereocenters. The van der Waals surface area contributed by atoms with E-state index in [-0.39, 0.29) is 6.03 Å². The van der Waals surface area contributed by atoms with E-state index in [2.05, 4.69) is 63.8 Å². The Morgan fingerprint density at radius 2 is 1.80 bits per heavy atom. The smallest absolute Gasteiger partial charge is 0.319 e. The molecule has 6 nitrogen and oxygen atoms in total. The fourth-order valence-corrected chi connectivity index (χ4v) is 3.69. The number of benzene rings is 2. The van der Waals surface area contributed by atoms with Crippen LogP contribution in [0.15, 0.2) is 71.5 Å². The average molecular weight is 405 g/mol. The number of hydrogen-bond donors (Lipinski definition) is 2. The molecule has 156 valence electrons. The summed E-state index contributed by atoms with van der Waals surface area (Å²) in [5, 5.41) is 5.67. The second kappa shape index (κ2) is 9.50. The van der Waals surface area contributed by atoms with Crippen LogP contribution in [0.4, 0.5) is 16.2 Å². The number of furan rings is 1. The Balaban J connectivity index is 1.22. The van der Waals surface area contributed by atoms with Gasteiger partial charge >= 0.3 is 6.03 Å². The van der Waals surface area contributed by atoms with Gasteiger partial charge in [0.1, 0.15) is 0 Å². The van der Waals surface area contributed by atoms with Crippen LogP contribution >= 0.6 is 0 Å². The minimum absolute atomic E-state index is 0.226. The van der Waals surface area contributed by atoms with Gasteiger partial charge in [0.05, 0.1) is 12.5 Å². The van der Waals surface area contributed by atoms with Gasteiger partial charge in [0.2, 0.25) is 0 Å². The van der Waals surface area contributed by atoms with Crippen molar-refractivity contribution in [3.05, 3.63) is 83.8 Å². The van der Waals surface area contributed by atoms with Crippen LogP contribution in [0.3, 0.4) is 0 Å². The molecule has 2 amide bonds. The molecule has 30 heavy (non-hydrogen) atoms. The Morgan fingerprint density at radius 1 is 1.00 bits per heavy atom. The Kier molecular flexibility index (Phi) is 6.35. The molecule has 3 aromatic rings. The predicted octanol–water partition coefficient (Wildman–Crippen LogP) is 4.23. The van der Waals surface area contributed by atoms with Crippen molar-refractivity contribution in [1.29, 1.82) is 0 Å². The second-order valence-corrected chi connectivity index (χ2v) is 7.74. The van der Waals surface area contributed by atoms with Crippen LogP contribution in [0.25, 0.3) is 0 Å². The molecule has 0 atom stereocenters. The number of amides is 2. The minimum Gasteiger partial charge on any atom is -0.472 e. The first-order chi connectivity index (χ1) is 14.7. The molecule has 1 aliphatic rings. The van der Waals surface area contributed by atoms with Gasteiger partial charge in [0, 0.05) is 56.2 Å². The van der Waals surface area contributed by atoms with Gasteiger partial charge in [-0.05, 0) is 48.4 Å². The van der Waals surface area contributed by atoms with Gasteiger partial charge in [-0.15, -0.1) is 0 Å². The first-order valence-corrected chi connectivity index (χ1v) is 10.3. The minimum atomic E-state index is -0.226. The number of carbonyl (C=O) groups excluding carboxylic acids is 1. The van der Waals surface area contributed by atoms with E-state index in [1.165, 1.54) is 16.8 Å². The summed E-state index contributed by atoms with van der Waals surface area (Å²) in [6, 6.07) is 18.4. The Morgan fingerprint density at radius 3 is 2.50 bits per heavy atom. The quantitative estimate of drug-likeness (QED) is 0.645. The summed E-state index contributed by atoms with van der Waals surface area (Å²) < 4.78 is 5.00. The number of hydrogen-bond acceptors (Lipinski definition) is 4. The summed E-state index contributed by atoms with van der Waals surface area (Å²) in [5.41, 5.74) is 5.59. The van der Waals surface area contributed by atoms with E-state index in [9.17, 15) is 4.79 Å². The highest BCUT2D eigenvalue weighted by Crippen LogP contribution is 2.19. The summed E-state index contributed by atoms with van der Waals surface area (Å²) in [6.45, 7) is 7.68. The monoisotopic (exact) mass is 404 g/mol. The third-order valence-electron chi connectivity index (χ3n) is 5.39. The third-order valence-corrected chi connectivity index (χ3v) is 5.39. The van der Waals surface area contributed by atoms with Gasteiger partial charge in [0.15, 0.2) is 0 Å². The SMILES string of the molecule is Cc1cccc(N2CCN(Cc3ccc(NC(=O)NCc4ccoc4)cc3)CC2)c1. The number of piperazine rings is 1. The van der Waals surface area contributed by atoms with Crippen LogP contribution < -0.4 is 15.5 Å². The van der Waals surface area contributed by atoms with Crippen LogP contribution in [0.5, 0.6) is 0 Å². The van der Waals surface area contributed by atoms with E-state index >= 15 is 0 Å². The van der Waals surface area contributed by atoms with Gasteiger partial charge in [-0.25, -0.2) is 4.79 Å². The van der Waals surface area contributed by atoms with Crippen molar-refractivity contribution < 1.29 is 9.21 Å². The van der Waals surface area contributed by atoms with E-state index in [0.717, 1.165) is 44.0 Å². The van der Waals surface area contributed by atoms with E-state index in [4.69, 9.17) is 4.42 Å². The maximum absolute atomic E-state index is 12.0. The fraction of sp³-hybridized carbons (Fsp3) is 0.292. The lowest BCUT2D eigenvalue weighted by molar-refractivity contribution is 0.250. The Labute approximate surface area is 177 Å². The van der Waals surface area contributed by atoms with Gasteiger partial charge in [-0.2, -0.15) is 0 Å². The molecule has 2 aromatic carbocycles. The molecular formula is C24H28N4O2. The summed E-state index contributed by atoms with van der Waals surface area (Å²) in [6.07, 6.45) is 3.21. The van der Waals surface area contributed by atoms with Gasteiger partial charge in [0.25, 0.3) is 0 Å². The lowest BCUT2D eigenvalue weighted by Gasteiger charge is -2.36. The number of aryl methyl sites for hydroxylation is 1. The molecule has 0 radical (unpaired) electrons. The number of urea groups is 1. The zero-order valence-corrected chi connectivity index (χ0v) is 17.3. The van der Waals surface area contributed by atoms with Crippen molar-refractivity contribution in [3.8, 4) is 0 Å². The molecule has 1 aliphatic heterocycles. The van der Waals surface area contributed by atoms with E-state index in [1.807, 2.05) is 18.2 Å². The standard InChI is InChI=1S/C24H28N4O2/c1-19-3-2-4-23(15-19)28-12-10-27(11-13-28)17-20-5-7-22(8-6-20)26-24(29)25-16-21-9-14-30-18-21/h2-9,14-15,18H,10-13,16-17H2,1H3,(H2,25,26,29). The number of rotatable bonds is 6. The maximum Gasteiger partial charge on any atom is 0.319 e. The molecule has 1 saturated heterocycles. The van der Waals surface area contributed by atoms with Crippen molar-refractivity contribution in [3.63, 3.8) is 0 Å². The van der Waals surface area contributed by atoms with Crippen molar-refractivity contribution in [2.75, 3.05) is 36.4 Å². The third kappa shape index (κ3) is 5.42. The van der Waals surface area contributed by atoms with Gasteiger partial charge in [-0.1, -0.05) is 24.3 Å². The van der Waals surface area contributed by atoms with Crippen molar-refractivity contribution in [2.45, 2.75) is 20.0 Å². The fourth-order valence-electron chi connectivity index (χ4n) is 3.69. The first-order valence-electron chi connectivity index (χ1n) is 10.3. The van der Waals surface area contributed by atoms with Crippen LogP contribution in [0, 0.1) is 6.92 Å². The van der Waals surface area contributed by atoms with Crippen molar-refractivity contribution in [2.24, 2.45) is 0 Å². The highest BCUT2D eigenvalue weighted by molar-refractivity contribution is 5.89. The van der Waals surface area contributed by atoms with Gasteiger partial charge < -0.3 is 20.0 Å². The molecule has 6 heteroatoms. The van der Waals surface area contributed by atoms with Crippen molar-refractivity contribution >= 4 is 17.4 Å².